The van der Waals surface area contributed by atoms with Crippen LogP contribution in [-0.4, -0.2) is 46.0 Å². The Morgan fingerprint density at radius 3 is 2.62 bits per heavy atom. The molecular weight excluding hydrogens is 356 g/mol. The number of nitrogens with one attached hydrogen (secondary N) is 1. The number of nitro benzene ring substituents is 1. The van der Waals surface area contributed by atoms with Crippen LogP contribution >= 0.6 is 11.3 Å². The maximum Gasteiger partial charge on any atom is 0.269 e. The van der Waals surface area contributed by atoms with E-state index in [4.69, 9.17) is 4.74 Å². The van der Waals surface area contributed by atoms with Crippen LogP contribution < -0.4 is 5.32 Å². The highest BCUT2D eigenvalue weighted by molar-refractivity contribution is 7.13. The van der Waals surface area contributed by atoms with Gasteiger partial charge in [-0.25, -0.2) is 4.98 Å². The van der Waals surface area contributed by atoms with Gasteiger partial charge in [-0.2, -0.15) is 0 Å². The summed E-state index contributed by atoms with van der Waals surface area (Å²) in [7, 11) is 0. The number of ether oxygens (including phenoxy) is 1. The van der Waals surface area contributed by atoms with Gasteiger partial charge in [0.2, 0.25) is 0 Å². The summed E-state index contributed by atoms with van der Waals surface area (Å²) in [6, 6.07) is 5.48. The SMILES string of the molecule is C[C@@H]1CN(Cc2csc(NC(=O)c3ccc([N+](=O)[O-])cc3)n2)C[C@@H](C)O1. The van der Waals surface area contributed by atoms with Crippen molar-refractivity contribution in [3.8, 4) is 0 Å². The Morgan fingerprint density at radius 2 is 2.00 bits per heavy atom. The second-order valence-electron chi connectivity index (χ2n) is 6.35. The highest BCUT2D eigenvalue weighted by atomic mass is 32.1. The predicted molar refractivity (Wildman–Crippen MR) is 98.4 cm³/mol. The molecule has 1 amide bonds. The number of nitro groups is 1. The molecule has 138 valence electrons. The number of aromatic nitrogens is 1. The summed E-state index contributed by atoms with van der Waals surface area (Å²) in [5.41, 5.74) is 1.20. The molecule has 3 rings (SSSR count). The van der Waals surface area contributed by atoms with Gasteiger partial charge in [0.25, 0.3) is 11.6 Å². The number of anilines is 1. The standard InChI is InChI=1S/C17H20N4O4S/c1-11-7-20(8-12(2)25-11)9-14-10-26-17(18-14)19-16(22)13-3-5-15(6-4-13)21(23)24/h3-6,10-12H,7-9H2,1-2H3,(H,18,19,22)/t11-,12-/m1/s1. The first-order valence-corrected chi connectivity index (χ1v) is 9.16. The van der Waals surface area contributed by atoms with E-state index in [0.29, 0.717) is 17.2 Å². The van der Waals surface area contributed by atoms with Gasteiger partial charge in [-0.05, 0) is 26.0 Å². The third-order valence-corrected chi connectivity index (χ3v) is 4.80. The van der Waals surface area contributed by atoms with Gasteiger partial charge in [0.05, 0.1) is 22.8 Å². The number of amides is 1. The summed E-state index contributed by atoms with van der Waals surface area (Å²) >= 11 is 1.36. The number of hydrogen-bond donors (Lipinski definition) is 1. The van der Waals surface area contributed by atoms with Gasteiger partial charge in [0.15, 0.2) is 5.13 Å². The van der Waals surface area contributed by atoms with Crippen LogP contribution in [0.1, 0.15) is 29.9 Å². The van der Waals surface area contributed by atoms with Crippen LogP contribution in [-0.2, 0) is 11.3 Å². The lowest BCUT2D eigenvalue weighted by Gasteiger charge is -2.34. The van der Waals surface area contributed by atoms with E-state index >= 15 is 0 Å². The zero-order chi connectivity index (χ0) is 18.7. The molecule has 0 aliphatic carbocycles. The summed E-state index contributed by atoms with van der Waals surface area (Å²) in [5, 5.41) is 15.8. The number of thiazole rings is 1. The van der Waals surface area contributed by atoms with Gasteiger partial charge < -0.3 is 4.74 Å². The summed E-state index contributed by atoms with van der Waals surface area (Å²) < 4.78 is 5.73. The molecule has 1 aliphatic rings. The van der Waals surface area contributed by atoms with Crippen LogP contribution in [0.15, 0.2) is 29.6 Å². The maximum absolute atomic E-state index is 12.2. The van der Waals surface area contributed by atoms with Crippen molar-refractivity contribution < 1.29 is 14.5 Å². The maximum atomic E-state index is 12.2. The number of benzene rings is 1. The van der Waals surface area contributed by atoms with Crippen molar-refractivity contribution in [2.75, 3.05) is 18.4 Å². The number of non-ortho nitro benzene ring substituents is 1. The topological polar surface area (TPSA) is 97.6 Å². The highest BCUT2D eigenvalue weighted by Gasteiger charge is 2.22. The third-order valence-electron chi connectivity index (χ3n) is 3.99. The zero-order valence-electron chi connectivity index (χ0n) is 14.5. The van der Waals surface area contributed by atoms with E-state index in [0.717, 1.165) is 18.8 Å². The Kier molecular flexibility index (Phi) is 5.60. The number of morpholine rings is 1. The fourth-order valence-electron chi connectivity index (χ4n) is 2.98. The molecule has 2 heterocycles. The first kappa shape index (κ1) is 18.4. The molecule has 0 saturated carbocycles. The number of rotatable bonds is 5. The van der Waals surface area contributed by atoms with Crippen molar-refractivity contribution in [1.29, 1.82) is 0 Å². The minimum Gasteiger partial charge on any atom is -0.373 e. The Bertz CT molecular complexity index is 782. The largest absolute Gasteiger partial charge is 0.373 e. The minimum atomic E-state index is -0.498. The Balaban J connectivity index is 1.59. The van der Waals surface area contributed by atoms with Crippen LogP contribution in [0.3, 0.4) is 0 Å². The smallest absolute Gasteiger partial charge is 0.269 e. The summed E-state index contributed by atoms with van der Waals surface area (Å²) in [4.78, 5) is 29.2. The Hall–Kier alpha value is -2.36. The summed E-state index contributed by atoms with van der Waals surface area (Å²) in [5.74, 6) is -0.339. The Labute approximate surface area is 154 Å². The van der Waals surface area contributed by atoms with Crippen LogP contribution in [0, 0.1) is 10.1 Å². The average Bonchev–Trinajstić information content (AvgIpc) is 3.00. The molecule has 1 N–H and O–H groups in total. The second-order valence-corrected chi connectivity index (χ2v) is 7.21. The first-order chi connectivity index (χ1) is 12.4. The molecule has 1 fully saturated rings. The molecule has 1 saturated heterocycles. The molecular formula is C17H20N4O4S. The van der Waals surface area contributed by atoms with Gasteiger partial charge in [0, 0.05) is 42.7 Å². The fourth-order valence-corrected chi connectivity index (χ4v) is 3.68. The van der Waals surface area contributed by atoms with E-state index in [1.807, 2.05) is 5.38 Å². The third kappa shape index (κ3) is 4.63. The molecule has 1 aliphatic heterocycles. The van der Waals surface area contributed by atoms with Gasteiger partial charge >= 0.3 is 0 Å². The Morgan fingerprint density at radius 1 is 1.35 bits per heavy atom. The number of carbonyl (C=O) groups excluding carboxylic acids is 1. The predicted octanol–water partition coefficient (Wildman–Crippen LogP) is 2.91. The van der Waals surface area contributed by atoms with Gasteiger partial charge in [-0.1, -0.05) is 0 Å². The van der Waals surface area contributed by atoms with Gasteiger partial charge in [-0.15, -0.1) is 11.3 Å². The van der Waals surface area contributed by atoms with Crippen LogP contribution in [0.5, 0.6) is 0 Å². The minimum absolute atomic E-state index is 0.0490. The number of nitrogens with zero attached hydrogens (tertiary/aromatic N) is 3. The summed E-state index contributed by atoms with van der Waals surface area (Å²) in [6.45, 7) is 6.53. The summed E-state index contributed by atoms with van der Waals surface area (Å²) in [6.07, 6.45) is 0.386. The average molecular weight is 376 g/mol. The van der Waals surface area contributed by atoms with Gasteiger partial charge in [0.1, 0.15) is 0 Å². The van der Waals surface area contributed by atoms with E-state index in [1.54, 1.807) is 0 Å². The van der Waals surface area contributed by atoms with Crippen molar-refractivity contribution in [1.82, 2.24) is 9.88 Å². The lowest BCUT2D eigenvalue weighted by molar-refractivity contribution is -0.384. The van der Waals surface area contributed by atoms with Crippen molar-refractivity contribution in [3.63, 3.8) is 0 Å². The lowest BCUT2D eigenvalue weighted by atomic mass is 10.2. The number of hydrogen-bond acceptors (Lipinski definition) is 7. The molecule has 2 aromatic rings. The van der Waals surface area contributed by atoms with Crippen molar-refractivity contribution in [3.05, 3.63) is 51.0 Å². The molecule has 0 unspecified atom stereocenters. The molecule has 1 aromatic carbocycles. The van der Waals surface area contributed by atoms with E-state index in [-0.39, 0.29) is 23.8 Å². The number of carbonyl (C=O) groups is 1. The van der Waals surface area contributed by atoms with E-state index < -0.39 is 4.92 Å². The van der Waals surface area contributed by atoms with Crippen molar-refractivity contribution >= 4 is 28.1 Å². The highest BCUT2D eigenvalue weighted by Crippen LogP contribution is 2.20. The normalized spacial score (nSPS) is 20.7. The first-order valence-electron chi connectivity index (χ1n) is 8.28. The quantitative estimate of drug-likeness (QED) is 0.636. The van der Waals surface area contributed by atoms with Crippen molar-refractivity contribution in [2.24, 2.45) is 0 Å². The molecule has 0 radical (unpaired) electrons. The van der Waals surface area contributed by atoms with E-state index in [1.165, 1.54) is 35.6 Å². The molecule has 0 bridgehead atoms. The lowest BCUT2D eigenvalue weighted by Crippen LogP contribution is -2.44. The fraction of sp³-hybridized carbons (Fsp3) is 0.412. The second kappa shape index (κ2) is 7.90. The molecule has 2 atom stereocenters. The molecule has 8 nitrogen and oxygen atoms in total. The zero-order valence-corrected chi connectivity index (χ0v) is 15.4. The molecule has 0 spiro atoms. The molecule has 9 heteroatoms. The monoisotopic (exact) mass is 376 g/mol. The van der Waals surface area contributed by atoms with Crippen LogP contribution in [0.2, 0.25) is 0 Å². The van der Waals surface area contributed by atoms with E-state index in [2.05, 4.69) is 29.0 Å². The van der Waals surface area contributed by atoms with Gasteiger partial charge in [-0.3, -0.25) is 25.1 Å². The van der Waals surface area contributed by atoms with E-state index in [9.17, 15) is 14.9 Å². The van der Waals surface area contributed by atoms with Crippen LogP contribution in [0.25, 0.3) is 0 Å². The van der Waals surface area contributed by atoms with Crippen LogP contribution in [0.4, 0.5) is 10.8 Å². The van der Waals surface area contributed by atoms with Crippen molar-refractivity contribution in [2.45, 2.75) is 32.6 Å². The molecule has 1 aromatic heterocycles. The molecule has 26 heavy (non-hydrogen) atoms.